The van der Waals surface area contributed by atoms with Crippen LogP contribution in [0, 0.1) is 0 Å². The van der Waals surface area contributed by atoms with Crippen LogP contribution in [0.2, 0.25) is 0 Å². The second-order valence-electron chi connectivity index (χ2n) is 5.10. The summed E-state index contributed by atoms with van der Waals surface area (Å²) in [6, 6.07) is 11.4. The average Bonchev–Trinajstić information content (AvgIpc) is 3.19. The van der Waals surface area contributed by atoms with E-state index in [9.17, 15) is 4.79 Å². The molecule has 2 heterocycles. The molecule has 0 saturated carbocycles. The molecule has 7 heteroatoms. The van der Waals surface area contributed by atoms with Crippen molar-refractivity contribution in [1.29, 1.82) is 0 Å². The highest BCUT2D eigenvalue weighted by Gasteiger charge is 2.06. The van der Waals surface area contributed by atoms with Gasteiger partial charge >= 0.3 is 0 Å². The third-order valence-electron chi connectivity index (χ3n) is 3.30. The molecule has 3 rings (SSSR count). The molecule has 0 aliphatic rings. The Morgan fingerprint density at radius 3 is 3.00 bits per heavy atom. The van der Waals surface area contributed by atoms with Gasteiger partial charge in [-0.1, -0.05) is 23.4 Å². The number of rotatable bonds is 6. The molecule has 2 aromatic heterocycles. The predicted octanol–water partition coefficient (Wildman–Crippen LogP) is 1.95. The van der Waals surface area contributed by atoms with Gasteiger partial charge in [0.1, 0.15) is 5.69 Å². The number of aromatic nitrogens is 3. The number of nitrogens with one attached hydrogen (secondary N) is 1. The fraction of sp³-hybridized carbons (Fsp3) is 0.188. The maximum atomic E-state index is 11.8. The van der Waals surface area contributed by atoms with Gasteiger partial charge in [0.2, 0.25) is 5.91 Å². The fourth-order valence-electron chi connectivity index (χ4n) is 2.18. The van der Waals surface area contributed by atoms with E-state index in [1.165, 1.54) is 0 Å². The number of hydrogen-bond donors (Lipinski definition) is 2. The van der Waals surface area contributed by atoms with Crippen LogP contribution in [0.5, 0.6) is 0 Å². The lowest BCUT2D eigenvalue weighted by atomic mass is 10.1. The maximum absolute atomic E-state index is 11.8. The van der Waals surface area contributed by atoms with E-state index in [0.717, 1.165) is 16.1 Å². The number of hydrogen-bond acceptors (Lipinski definition) is 5. The Morgan fingerprint density at radius 2 is 2.22 bits per heavy atom. The minimum absolute atomic E-state index is 0.0172. The normalized spacial score (nSPS) is 10.6. The molecule has 0 aliphatic carbocycles. The van der Waals surface area contributed by atoms with Gasteiger partial charge in [-0.2, -0.15) is 0 Å². The number of nitrogens with zero attached hydrogens (tertiary/aromatic N) is 3. The lowest BCUT2D eigenvalue weighted by molar-refractivity contribution is -0.120. The number of nitrogens with two attached hydrogens (primary N) is 1. The lowest BCUT2D eigenvalue weighted by Gasteiger charge is -2.03. The summed E-state index contributed by atoms with van der Waals surface area (Å²) in [6.45, 7) is 1.09. The Hall–Kier alpha value is -2.67. The average molecular weight is 327 g/mol. The minimum Gasteiger partial charge on any atom is -0.399 e. The summed E-state index contributed by atoms with van der Waals surface area (Å²) in [6.07, 6.45) is 2.27. The number of thiophene rings is 1. The van der Waals surface area contributed by atoms with E-state index in [4.69, 9.17) is 5.73 Å². The molecule has 1 amide bonds. The van der Waals surface area contributed by atoms with Crippen molar-refractivity contribution in [2.45, 2.75) is 13.0 Å². The van der Waals surface area contributed by atoms with Crippen molar-refractivity contribution in [2.24, 2.45) is 0 Å². The second-order valence-corrected chi connectivity index (χ2v) is 6.13. The van der Waals surface area contributed by atoms with Crippen LogP contribution < -0.4 is 11.1 Å². The first kappa shape index (κ1) is 15.2. The van der Waals surface area contributed by atoms with E-state index in [0.29, 0.717) is 25.2 Å². The van der Waals surface area contributed by atoms with E-state index in [1.54, 1.807) is 16.0 Å². The van der Waals surface area contributed by atoms with Crippen molar-refractivity contribution in [2.75, 3.05) is 12.3 Å². The van der Waals surface area contributed by atoms with Gasteiger partial charge in [0.05, 0.1) is 19.2 Å². The van der Waals surface area contributed by atoms with Crippen LogP contribution in [0.15, 0.2) is 48.0 Å². The summed E-state index contributed by atoms with van der Waals surface area (Å²) in [7, 11) is 0. The highest BCUT2D eigenvalue weighted by atomic mass is 32.1. The summed E-state index contributed by atoms with van der Waals surface area (Å²) in [5.41, 5.74) is 8.16. The molecule has 3 aromatic rings. The van der Waals surface area contributed by atoms with Crippen molar-refractivity contribution >= 4 is 22.9 Å². The number of carbonyl (C=O) groups is 1. The monoisotopic (exact) mass is 327 g/mol. The fourth-order valence-corrected chi connectivity index (χ4v) is 2.89. The Bertz CT molecular complexity index is 781. The number of anilines is 1. The second kappa shape index (κ2) is 7.06. The summed E-state index contributed by atoms with van der Waals surface area (Å²) in [4.78, 5) is 12.9. The third-order valence-corrected chi connectivity index (χ3v) is 4.18. The van der Waals surface area contributed by atoms with Gasteiger partial charge in [-0.3, -0.25) is 9.48 Å². The Balaban J connectivity index is 1.50. The topological polar surface area (TPSA) is 85.8 Å². The molecule has 1 aromatic carbocycles. The van der Waals surface area contributed by atoms with E-state index < -0.39 is 0 Å². The van der Waals surface area contributed by atoms with Crippen molar-refractivity contribution in [3.05, 3.63) is 52.9 Å². The van der Waals surface area contributed by atoms with Crippen molar-refractivity contribution in [3.63, 3.8) is 0 Å². The van der Waals surface area contributed by atoms with Crippen LogP contribution >= 0.6 is 11.3 Å². The molecule has 0 spiro atoms. The number of benzene rings is 1. The van der Waals surface area contributed by atoms with Crippen LogP contribution in [0.25, 0.3) is 11.3 Å². The van der Waals surface area contributed by atoms with Crippen LogP contribution in [0.4, 0.5) is 5.69 Å². The largest absolute Gasteiger partial charge is 0.399 e. The van der Waals surface area contributed by atoms with Crippen molar-refractivity contribution in [1.82, 2.24) is 20.3 Å². The Morgan fingerprint density at radius 1 is 1.30 bits per heavy atom. The number of nitrogen functional groups attached to an aromatic ring is 1. The summed E-state index contributed by atoms with van der Waals surface area (Å²) < 4.78 is 1.71. The highest BCUT2D eigenvalue weighted by molar-refractivity contribution is 7.10. The first-order valence-electron chi connectivity index (χ1n) is 7.26. The summed E-state index contributed by atoms with van der Waals surface area (Å²) >= 11 is 1.58. The van der Waals surface area contributed by atoms with Gasteiger partial charge in [-0.05, 0) is 23.6 Å². The quantitative estimate of drug-likeness (QED) is 0.678. The molecule has 0 saturated heterocycles. The lowest BCUT2D eigenvalue weighted by Crippen LogP contribution is -2.28. The molecule has 0 atom stereocenters. The highest BCUT2D eigenvalue weighted by Crippen LogP contribution is 2.18. The van der Waals surface area contributed by atoms with Crippen LogP contribution in [-0.4, -0.2) is 27.4 Å². The molecule has 0 radical (unpaired) electrons. The van der Waals surface area contributed by atoms with Crippen molar-refractivity contribution < 1.29 is 4.79 Å². The van der Waals surface area contributed by atoms with Gasteiger partial charge in [0, 0.05) is 22.7 Å². The van der Waals surface area contributed by atoms with Gasteiger partial charge in [-0.25, -0.2) is 0 Å². The zero-order valence-corrected chi connectivity index (χ0v) is 13.3. The standard InChI is InChI=1S/C16H17N5OS/c17-13-4-1-3-12(9-13)15-11-21(20-19-15)7-6-18-16(22)10-14-5-2-8-23-14/h1-5,8-9,11H,6-7,10,17H2,(H,18,22). The zero-order valence-electron chi connectivity index (χ0n) is 12.5. The van der Waals surface area contributed by atoms with Crippen LogP contribution in [0.1, 0.15) is 4.88 Å². The zero-order chi connectivity index (χ0) is 16.1. The van der Waals surface area contributed by atoms with E-state index in [-0.39, 0.29) is 5.91 Å². The summed E-state index contributed by atoms with van der Waals surface area (Å²) in [5.74, 6) is 0.0172. The van der Waals surface area contributed by atoms with Gasteiger partial charge < -0.3 is 11.1 Å². The third kappa shape index (κ3) is 4.17. The SMILES string of the molecule is Nc1cccc(-c2cn(CCNC(=O)Cc3cccs3)nn2)c1. The first-order chi connectivity index (χ1) is 11.2. The Kier molecular flexibility index (Phi) is 4.68. The van der Waals surface area contributed by atoms with E-state index in [1.807, 2.05) is 48.0 Å². The van der Waals surface area contributed by atoms with Crippen LogP contribution in [0.3, 0.4) is 0 Å². The molecular formula is C16H17N5OS. The van der Waals surface area contributed by atoms with E-state index in [2.05, 4.69) is 15.6 Å². The van der Waals surface area contributed by atoms with Gasteiger partial charge in [0.25, 0.3) is 0 Å². The Labute approximate surface area is 137 Å². The number of amides is 1. The number of carbonyl (C=O) groups excluding carboxylic acids is 1. The molecular weight excluding hydrogens is 310 g/mol. The predicted molar refractivity (Wildman–Crippen MR) is 90.9 cm³/mol. The minimum atomic E-state index is 0.0172. The molecule has 118 valence electrons. The molecule has 6 nitrogen and oxygen atoms in total. The molecule has 0 bridgehead atoms. The maximum Gasteiger partial charge on any atom is 0.225 e. The summed E-state index contributed by atoms with van der Waals surface area (Å²) in [5, 5.41) is 13.1. The van der Waals surface area contributed by atoms with Crippen molar-refractivity contribution in [3.8, 4) is 11.3 Å². The molecule has 23 heavy (non-hydrogen) atoms. The van der Waals surface area contributed by atoms with Gasteiger partial charge in [0.15, 0.2) is 0 Å². The van der Waals surface area contributed by atoms with Gasteiger partial charge in [-0.15, -0.1) is 16.4 Å². The first-order valence-corrected chi connectivity index (χ1v) is 8.14. The van der Waals surface area contributed by atoms with E-state index >= 15 is 0 Å². The smallest absolute Gasteiger partial charge is 0.225 e. The molecule has 0 fully saturated rings. The van der Waals surface area contributed by atoms with Crippen LogP contribution in [-0.2, 0) is 17.8 Å². The molecule has 0 unspecified atom stereocenters. The molecule has 0 aliphatic heterocycles. The molecule has 3 N–H and O–H groups in total.